The summed E-state index contributed by atoms with van der Waals surface area (Å²) >= 11 is 0. The third kappa shape index (κ3) is 3.78. The fraction of sp³-hybridized carbons (Fsp3) is 0.296. The van der Waals surface area contributed by atoms with E-state index in [-0.39, 0.29) is 18.4 Å². The lowest BCUT2D eigenvalue weighted by Gasteiger charge is -2.39. The number of nitrogens with one attached hydrogen (secondary N) is 1. The summed E-state index contributed by atoms with van der Waals surface area (Å²) in [4.78, 5) is 13.6. The van der Waals surface area contributed by atoms with Gasteiger partial charge in [-0.15, -0.1) is 0 Å². The van der Waals surface area contributed by atoms with Crippen LogP contribution in [0.1, 0.15) is 35.4 Å². The standard InChI is InChI=1S/C27H27NO4/c29-26(25-21-10-4-6-12-23(21)32-24-13-7-5-11-22(24)25)28-18-27(30,19-8-2-1-3-9-19)20-14-16-31-17-15-20/h1-13,20,25,30H,14-18H2,(H,28,29). The smallest absolute Gasteiger partial charge is 0.232 e. The maximum atomic E-state index is 13.6. The van der Waals surface area contributed by atoms with Crippen molar-refractivity contribution in [1.29, 1.82) is 0 Å². The quantitative estimate of drug-likeness (QED) is 0.633. The monoisotopic (exact) mass is 429 g/mol. The molecule has 1 amide bonds. The van der Waals surface area contributed by atoms with Crippen LogP contribution in [0.2, 0.25) is 0 Å². The van der Waals surface area contributed by atoms with Crippen molar-refractivity contribution in [3.05, 3.63) is 95.6 Å². The third-order valence-corrected chi connectivity index (χ3v) is 6.64. The van der Waals surface area contributed by atoms with E-state index in [0.717, 1.165) is 29.5 Å². The highest BCUT2D eigenvalue weighted by molar-refractivity contribution is 5.89. The molecule has 5 rings (SSSR count). The number of rotatable bonds is 5. The Morgan fingerprint density at radius 3 is 2.06 bits per heavy atom. The minimum Gasteiger partial charge on any atom is -0.457 e. The molecule has 2 N–H and O–H groups in total. The predicted molar refractivity (Wildman–Crippen MR) is 122 cm³/mol. The summed E-state index contributed by atoms with van der Waals surface area (Å²) in [7, 11) is 0. The summed E-state index contributed by atoms with van der Waals surface area (Å²) in [6, 6.07) is 24.9. The van der Waals surface area contributed by atoms with Crippen molar-refractivity contribution in [2.24, 2.45) is 5.92 Å². The molecule has 5 heteroatoms. The van der Waals surface area contributed by atoms with Crippen molar-refractivity contribution in [2.75, 3.05) is 19.8 Å². The van der Waals surface area contributed by atoms with Gasteiger partial charge in [-0.05, 0) is 36.5 Å². The Kier molecular flexibility index (Phi) is 5.68. The summed E-state index contributed by atoms with van der Waals surface area (Å²) < 4.78 is 11.5. The maximum Gasteiger partial charge on any atom is 0.232 e. The number of hydrogen-bond acceptors (Lipinski definition) is 4. The molecule has 32 heavy (non-hydrogen) atoms. The van der Waals surface area contributed by atoms with Crippen molar-refractivity contribution in [3.63, 3.8) is 0 Å². The van der Waals surface area contributed by atoms with Gasteiger partial charge in [0.25, 0.3) is 0 Å². The maximum absolute atomic E-state index is 13.6. The lowest BCUT2D eigenvalue weighted by Crippen LogP contribution is -2.48. The van der Waals surface area contributed by atoms with E-state index in [9.17, 15) is 9.90 Å². The molecule has 0 spiro atoms. The number of carbonyl (C=O) groups excluding carboxylic acids is 1. The van der Waals surface area contributed by atoms with E-state index in [4.69, 9.17) is 9.47 Å². The SMILES string of the molecule is O=C(NCC(O)(c1ccccc1)C1CCOCC1)C1c2ccccc2Oc2ccccc21. The van der Waals surface area contributed by atoms with E-state index < -0.39 is 11.5 Å². The molecule has 3 aromatic rings. The average molecular weight is 430 g/mol. The van der Waals surface area contributed by atoms with Crippen LogP contribution in [0.25, 0.3) is 0 Å². The number of aliphatic hydroxyl groups is 1. The van der Waals surface area contributed by atoms with Gasteiger partial charge in [0.2, 0.25) is 5.91 Å². The molecule has 1 fully saturated rings. The lowest BCUT2D eigenvalue weighted by molar-refractivity contribution is -0.125. The van der Waals surface area contributed by atoms with Crippen molar-refractivity contribution < 1.29 is 19.4 Å². The number of ether oxygens (including phenoxy) is 2. The Morgan fingerprint density at radius 1 is 0.875 bits per heavy atom. The van der Waals surface area contributed by atoms with E-state index in [1.165, 1.54) is 0 Å². The molecule has 5 nitrogen and oxygen atoms in total. The molecule has 0 aromatic heterocycles. The van der Waals surface area contributed by atoms with E-state index >= 15 is 0 Å². The minimum absolute atomic E-state index is 0.00760. The fourth-order valence-electron chi connectivity index (χ4n) is 4.90. The topological polar surface area (TPSA) is 67.8 Å². The molecular formula is C27H27NO4. The Bertz CT molecular complexity index is 1050. The zero-order valence-corrected chi connectivity index (χ0v) is 17.9. The second kappa shape index (κ2) is 8.77. The van der Waals surface area contributed by atoms with E-state index in [0.29, 0.717) is 24.7 Å². The number of carbonyl (C=O) groups is 1. The van der Waals surface area contributed by atoms with Gasteiger partial charge in [-0.2, -0.15) is 0 Å². The lowest BCUT2D eigenvalue weighted by atomic mass is 9.76. The second-order valence-corrected chi connectivity index (χ2v) is 8.51. The summed E-state index contributed by atoms with van der Waals surface area (Å²) in [5.74, 6) is 0.747. The first kappa shape index (κ1) is 20.7. The molecule has 0 saturated carbocycles. The zero-order valence-electron chi connectivity index (χ0n) is 17.9. The molecule has 3 aromatic carbocycles. The first-order valence-electron chi connectivity index (χ1n) is 11.2. The van der Waals surface area contributed by atoms with Crippen LogP contribution in [0.5, 0.6) is 11.5 Å². The van der Waals surface area contributed by atoms with Gasteiger partial charge in [0.05, 0.1) is 12.5 Å². The van der Waals surface area contributed by atoms with Crippen LogP contribution in [-0.2, 0) is 15.1 Å². The van der Waals surface area contributed by atoms with Crippen LogP contribution in [0, 0.1) is 5.92 Å². The molecule has 1 saturated heterocycles. The summed E-state index contributed by atoms with van der Waals surface area (Å²) in [6.45, 7) is 1.38. The highest BCUT2D eigenvalue weighted by atomic mass is 16.5. The van der Waals surface area contributed by atoms with Gasteiger partial charge in [-0.25, -0.2) is 0 Å². The van der Waals surface area contributed by atoms with Crippen LogP contribution in [0.15, 0.2) is 78.9 Å². The molecule has 0 aliphatic carbocycles. The molecule has 0 radical (unpaired) electrons. The predicted octanol–water partition coefficient (Wildman–Crippen LogP) is 4.35. The van der Waals surface area contributed by atoms with Crippen molar-refractivity contribution in [1.82, 2.24) is 5.32 Å². The Labute approximate surface area is 188 Å². The van der Waals surface area contributed by atoms with E-state index in [2.05, 4.69) is 5.32 Å². The number of fused-ring (bicyclic) bond motifs is 2. The average Bonchev–Trinajstić information content (AvgIpc) is 2.86. The van der Waals surface area contributed by atoms with E-state index in [1.54, 1.807) is 0 Å². The van der Waals surface area contributed by atoms with Crippen LogP contribution in [0.4, 0.5) is 0 Å². The molecule has 0 bridgehead atoms. The molecule has 164 valence electrons. The van der Waals surface area contributed by atoms with Gasteiger partial charge < -0.3 is 19.9 Å². The van der Waals surface area contributed by atoms with Crippen molar-refractivity contribution in [2.45, 2.75) is 24.4 Å². The first-order chi connectivity index (χ1) is 15.7. The van der Waals surface area contributed by atoms with Crippen molar-refractivity contribution in [3.8, 4) is 11.5 Å². The minimum atomic E-state index is -1.16. The van der Waals surface area contributed by atoms with Gasteiger partial charge in [0.15, 0.2) is 0 Å². The first-order valence-corrected chi connectivity index (χ1v) is 11.2. The molecular weight excluding hydrogens is 402 g/mol. The summed E-state index contributed by atoms with van der Waals surface area (Å²) in [5, 5.41) is 14.9. The Hall–Kier alpha value is -3.15. The number of para-hydroxylation sites is 2. The normalized spacial score (nSPS) is 18.0. The third-order valence-electron chi connectivity index (χ3n) is 6.64. The highest BCUT2D eigenvalue weighted by Gasteiger charge is 2.41. The molecule has 1 unspecified atom stereocenters. The van der Waals surface area contributed by atoms with Gasteiger partial charge in [0, 0.05) is 24.3 Å². The molecule has 2 aliphatic heterocycles. The number of amides is 1. The summed E-state index contributed by atoms with van der Waals surface area (Å²) in [6.07, 6.45) is 1.51. The molecule has 1 atom stereocenters. The molecule has 2 heterocycles. The largest absolute Gasteiger partial charge is 0.457 e. The highest BCUT2D eigenvalue weighted by Crippen LogP contribution is 2.44. The van der Waals surface area contributed by atoms with E-state index in [1.807, 2.05) is 78.9 Å². The number of hydrogen-bond donors (Lipinski definition) is 2. The van der Waals surface area contributed by atoms with Gasteiger partial charge in [-0.1, -0.05) is 66.7 Å². The van der Waals surface area contributed by atoms with Gasteiger partial charge in [-0.3, -0.25) is 4.79 Å². The summed E-state index contributed by atoms with van der Waals surface area (Å²) in [5.41, 5.74) is 1.32. The van der Waals surface area contributed by atoms with Crippen LogP contribution in [0.3, 0.4) is 0 Å². The Balaban J connectivity index is 1.44. The zero-order chi connectivity index (χ0) is 22.0. The van der Waals surface area contributed by atoms with Crippen LogP contribution >= 0.6 is 0 Å². The van der Waals surface area contributed by atoms with Gasteiger partial charge in [0.1, 0.15) is 17.1 Å². The van der Waals surface area contributed by atoms with Crippen LogP contribution in [-0.4, -0.2) is 30.8 Å². The number of benzene rings is 3. The Morgan fingerprint density at radius 2 is 1.44 bits per heavy atom. The van der Waals surface area contributed by atoms with Gasteiger partial charge >= 0.3 is 0 Å². The fourth-order valence-corrected chi connectivity index (χ4v) is 4.90. The molecule has 2 aliphatic rings. The van der Waals surface area contributed by atoms with Crippen molar-refractivity contribution >= 4 is 5.91 Å². The second-order valence-electron chi connectivity index (χ2n) is 8.51. The van der Waals surface area contributed by atoms with Crippen LogP contribution < -0.4 is 10.1 Å².